The molecule has 0 aliphatic heterocycles. The molecule has 0 radical (unpaired) electrons. The van der Waals surface area contributed by atoms with Crippen LogP contribution in [-0.2, 0) is 12.6 Å². The van der Waals surface area contributed by atoms with Crippen LogP contribution in [0.25, 0.3) is 0 Å². The predicted octanol–water partition coefficient (Wildman–Crippen LogP) is 5.40. The molecule has 0 aliphatic rings. The number of aliphatic hydroxyl groups excluding tert-OH is 1. The zero-order chi connectivity index (χ0) is 15.6. The van der Waals surface area contributed by atoms with Crippen molar-refractivity contribution in [1.29, 1.82) is 0 Å². The van der Waals surface area contributed by atoms with E-state index < -0.39 is 17.8 Å². The van der Waals surface area contributed by atoms with Gasteiger partial charge >= 0.3 is 6.18 Å². The summed E-state index contributed by atoms with van der Waals surface area (Å²) in [6.45, 7) is 0. The summed E-state index contributed by atoms with van der Waals surface area (Å²) in [4.78, 5) is 0. The van der Waals surface area contributed by atoms with Crippen molar-refractivity contribution in [3.8, 4) is 0 Å². The van der Waals surface area contributed by atoms with Crippen LogP contribution in [-0.4, -0.2) is 5.11 Å². The quantitative estimate of drug-likeness (QED) is 0.757. The number of alkyl halides is 3. The first kappa shape index (κ1) is 16.3. The average molecular weight is 380 g/mol. The molecule has 0 heterocycles. The summed E-state index contributed by atoms with van der Waals surface area (Å²) >= 11 is 8.77. The number of benzene rings is 2. The van der Waals surface area contributed by atoms with E-state index in [1.807, 2.05) is 0 Å². The molecule has 2 rings (SSSR count). The van der Waals surface area contributed by atoms with Crippen LogP contribution in [0.1, 0.15) is 22.8 Å². The number of aliphatic hydroxyl groups is 1. The summed E-state index contributed by atoms with van der Waals surface area (Å²) in [5, 5.41) is 10.7. The second-order valence-electron chi connectivity index (χ2n) is 4.58. The van der Waals surface area contributed by atoms with Crippen LogP contribution in [0.4, 0.5) is 13.2 Å². The largest absolute Gasteiger partial charge is 0.416 e. The summed E-state index contributed by atoms with van der Waals surface area (Å²) < 4.78 is 39.4. The maximum Gasteiger partial charge on any atom is 0.416 e. The minimum Gasteiger partial charge on any atom is -0.388 e. The van der Waals surface area contributed by atoms with Crippen molar-refractivity contribution < 1.29 is 18.3 Å². The van der Waals surface area contributed by atoms with Gasteiger partial charge in [0.2, 0.25) is 0 Å². The Morgan fingerprint density at radius 1 is 1.10 bits per heavy atom. The smallest absolute Gasteiger partial charge is 0.388 e. The van der Waals surface area contributed by atoms with Gasteiger partial charge in [0.1, 0.15) is 0 Å². The number of hydrogen-bond acceptors (Lipinski definition) is 1. The molecule has 6 heteroatoms. The molecule has 0 amide bonds. The average Bonchev–Trinajstić information content (AvgIpc) is 2.40. The fourth-order valence-corrected chi connectivity index (χ4v) is 2.51. The van der Waals surface area contributed by atoms with E-state index in [4.69, 9.17) is 11.6 Å². The Labute approximate surface area is 133 Å². The van der Waals surface area contributed by atoms with Crippen LogP contribution in [0.5, 0.6) is 0 Å². The van der Waals surface area contributed by atoms with Gasteiger partial charge in [0.25, 0.3) is 0 Å². The van der Waals surface area contributed by atoms with Crippen LogP contribution in [0, 0.1) is 0 Å². The molecule has 1 N–H and O–H groups in total. The highest BCUT2D eigenvalue weighted by Crippen LogP contribution is 2.37. The van der Waals surface area contributed by atoms with Gasteiger partial charge in [0.05, 0.1) is 11.7 Å². The monoisotopic (exact) mass is 378 g/mol. The zero-order valence-corrected chi connectivity index (χ0v) is 13.0. The first-order chi connectivity index (χ1) is 9.77. The van der Waals surface area contributed by atoms with Gasteiger partial charge in [0, 0.05) is 15.9 Å². The Hall–Kier alpha value is -1.04. The maximum atomic E-state index is 13.0. The van der Waals surface area contributed by atoms with Crippen LogP contribution < -0.4 is 0 Å². The second kappa shape index (κ2) is 6.38. The molecule has 1 nitrogen and oxygen atoms in total. The van der Waals surface area contributed by atoms with Crippen molar-refractivity contribution in [2.45, 2.75) is 18.7 Å². The van der Waals surface area contributed by atoms with Crippen molar-refractivity contribution in [1.82, 2.24) is 0 Å². The van der Waals surface area contributed by atoms with Gasteiger partial charge in [0.15, 0.2) is 0 Å². The van der Waals surface area contributed by atoms with Gasteiger partial charge in [-0.05, 0) is 35.4 Å². The Bertz CT molecular complexity index is 626. The number of rotatable bonds is 3. The molecular formula is C15H11BrClF3O. The minimum atomic E-state index is -4.51. The lowest BCUT2D eigenvalue weighted by Crippen LogP contribution is -2.13. The van der Waals surface area contributed by atoms with Gasteiger partial charge in [-0.3, -0.25) is 0 Å². The molecule has 0 spiro atoms. The molecule has 0 saturated carbocycles. The molecule has 2 aromatic rings. The molecule has 21 heavy (non-hydrogen) atoms. The molecule has 0 bridgehead atoms. The molecule has 0 aliphatic carbocycles. The van der Waals surface area contributed by atoms with E-state index in [0.29, 0.717) is 15.1 Å². The van der Waals surface area contributed by atoms with Crippen LogP contribution in [0.15, 0.2) is 46.9 Å². The SMILES string of the molecule is OC(Cc1ccc(Cl)cc1)c1ccc(Br)cc1C(F)(F)F. The predicted molar refractivity (Wildman–Crippen MR) is 79.3 cm³/mol. The molecule has 1 atom stereocenters. The summed E-state index contributed by atoms with van der Waals surface area (Å²) in [5.41, 5.74) is -0.262. The third-order valence-electron chi connectivity index (χ3n) is 3.02. The third-order valence-corrected chi connectivity index (χ3v) is 3.77. The lowest BCUT2D eigenvalue weighted by atomic mass is 9.97. The Morgan fingerprint density at radius 2 is 1.71 bits per heavy atom. The van der Waals surface area contributed by atoms with E-state index >= 15 is 0 Å². The molecule has 1 unspecified atom stereocenters. The van der Waals surface area contributed by atoms with E-state index in [1.54, 1.807) is 24.3 Å². The third kappa shape index (κ3) is 4.22. The Kier molecular flexibility index (Phi) is 4.96. The fraction of sp³-hybridized carbons (Fsp3) is 0.200. The van der Waals surface area contributed by atoms with Crippen LogP contribution >= 0.6 is 27.5 Å². The van der Waals surface area contributed by atoms with Crippen molar-refractivity contribution >= 4 is 27.5 Å². The maximum absolute atomic E-state index is 13.0. The van der Waals surface area contributed by atoms with Crippen LogP contribution in [0.3, 0.4) is 0 Å². The molecule has 0 aromatic heterocycles. The van der Waals surface area contributed by atoms with Gasteiger partial charge in [-0.2, -0.15) is 13.2 Å². The van der Waals surface area contributed by atoms with Gasteiger partial charge in [-0.1, -0.05) is 45.7 Å². The lowest BCUT2D eigenvalue weighted by Gasteiger charge is -2.18. The number of hydrogen-bond donors (Lipinski definition) is 1. The van der Waals surface area contributed by atoms with E-state index in [9.17, 15) is 18.3 Å². The van der Waals surface area contributed by atoms with Crippen molar-refractivity contribution in [2.75, 3.05) is 0 Å². The summed E-state index contributed by atoms with van der Waals surface area (Å²) in [6, 6.07) is 10.4. The van der Waals surface area contributed by atoms with E-state index in [2.05, 4.69) is 15.9 Å². The lowest BCUT2D eigenvalue weighted by molar-refractivity contribution is -0.139. The number of halogens is 5. The highest BCUT2D eigenvalue weighted by molar-refractivity contribution is 9.10. The standard InChI is InChI=1S/C15H11BrClF3O/c16-10-3-6-12(13(8-10)15(18,19)20)14(21)7-9-1-4-11(17)5-2-9/h1-6,8,14,21H,7H2. The highest BCUT2D eigenvalue weighted by atomic mass is 79.9. The Balaban J connectivity index is 2.30. The van der Waals surface area contributed by atoms with Crippen LogP contribution in [0.2, 0.25) is 5.02 Å². The zero-order valence-electron chi connectivity index (χ0n) is 10.7. The summed E-state index contributed by atoms with van der Waals surface area (Å²) in [7, 11) is 0. The van der Waals surface area contributed by atoms with Gasteiger partial charge < -0.3 is 5.11 Å². The highest BCUT2D eigenvalue weighted by Gasteiger charge is 2.35. The first-order valence-electron chi connectivity index (χ1n) is 6.06. The minimum absolute atomic E-state index is 0.0852. The molecule has 0 fully saturated rings. The molecule has 112 valence electrons. The second-order valence-corrected chi connectivity index (χ2v) is 5.93. The normalized spacial score (nSPS) is 13.2. The van der Waals surface area contributed by atoms with Gasteiger partial charge in [-0.25, -0.2) is 0 Å². The van der Waals surface area contributed by atoms with Crippen molar-refractivity contribution in [3.63, 3.8) is 0 Å². The van der Waals surface area contributed by atoms with Crippen molar-refractivity contribution in [3.05, 3.63) is 68.7 Å². The van der Waals surface area contributed by atoms with E-state index in [-0.39, 0.29) is 12.0 Å². The van der Waals surface area contributed by atoms with E-state index in [0.717, 1.165) is 6.07 Å². The first-order valence-corrected chi connectivity index (χ1v) is 7.23. The van der Waals surface area contributed by atoms with Gasteiger partial charge in [-0.15, -0.1) is 0 Å². The summed E-state index contributed by atoms with van der Waals surface area (Å²) in [6.07, 6.45) is -5.67. The molecule has 2 aromatic carbocycles. The van der Waals surface area contributed by atoms with E-state index in [1.165, 1.54) is 12.1 Å². The fourth-order valence-electron chi connectivity index (χ4n) is 2.02. The molecular weight excluding hydrogens is 369 g/mol. The molecule has 0 saturated heterocycles. The summed E-state index contributed by atoms with van der Waals surface area (Å²) in [5.74, 6) is 0. The Morgan fingerprint density at radius 3 is 2.29 bits per heavy atom. The van der Waals surface area contributed by atoms with Crippen molar-refractivity contribution in [2.24, 2.45) is 0 Å². The topological polar surface area (TPSA) is 20.2 Å².